The van der Waals surface area contributed by atoms with Gasteiger partial charge in [0.25, 0.3) is 0 Å². The summed E-state index contributed by atoms with van der Waals surface area (Å²) in [5.74, 6) is 1.41. The Bertz CT molecular complexity index is 428. The lowest BCUT2D eigenvalue weighted by atomic mass is 10.1. The molecule has 1 aromatic rings. The average molecular weight is 266 g/mol. The van der Waals surface area contributed by atoms with E-state index in [1.54, 1.807) is 6.07 Å². The minimum absolute atomic E-state index is 0.192. The van der Waals surface area contributed by atoms with Gasteiger partial charge in [-0.2, -0.15) is 0 Å². The molecule has 0 aromatic heterocycles. The van der Waals surface area contributed by atoms with Crippen LogP contribution in [0.4, 0.5) is 0 Å². The molecule has 19 heavy (non-hydrogen) atoms. The van der Waals surface area contributed by atoms with Crippen molar-refractivity contribution >= 4 is 0 Å². The molecule has 5 heteroatoms. The van der Waals surface area contributed by atoms with Gasteiger partial charge in [-0.15, -0.1) is 0 Å². The molecule has 3 rings (SSSR count). The highest BCUT2D eigenvalue weighted by Crippen LogP contribution is 2.34. The van der Waals surface area contributed by atoms with Crippen molar-refractivity contribution in [1.82, 2.24) is 0 Å². The minimum Gasteiger partial charge on any atom is -0.454 e. The molecule has 0 spiro atoms. The molecular weight excluding hydrogens is 248 g/mol. The first-order chi connectivity index (χ1) is 9.33. The number of hydrogen-bond donors (Lipinski definition) is 1. The summed E-state index contributed by atoms with van der Waals surface area (Å²) in [4.78, 5) is 0. The number of ether oxygens (including phenoxy) is 4. The van der Waals surface area contributed by atoms with Crippen LogP contribution in [0.1, 0.15) is 24.5 Å². The average Bonchev–Trinajstić information content (AvgIpc) is 2.93. The highest BCUT2D eigenvalue weighted by molar-refractivity contribution is 5.45. The molecule has 0 aliphatic carbocycles. The summed E-state index contributed by atoms with van der Waals surface area (Å²) in [6.07, 6.45) is 1.34. The van der Waals surface area contributed by atoms with Gasteiger partial charge in [-0.25, -0.2) is 0 Å². The molecule has 5 nitrogen and oxygen atoms in total. The number of fused-ring (bicyclic) bond motifs is 1. The predicted molar refractivity (Wildman–Crippen MR) is 67.3 cm³/mol. The molecule has 1 aromatic carbocycles. The fourth-order valence-corrected chi connectivity index (χ4v) is 2.29. The predicted octanol–water partition coefficient (Wildman–Crippen LogP) is 1.64. The van der Waals surface area contributed by atoms with Crippen molar-refractivity contribution in [3.8, 4) is 11.5 Å². The van der Waals surface area contributed by atoms with Gasteiger partial charge in [-0.05, 0) is 30.5 Å². The van der Waals surface area contributed by atoms with Gasteiger partial charge in [-0.1, -0.05) is 6.07 Å². The molecule has 1 saturated heterocycles. The Labute approximate surface area is 112 Å². The second kappa shape index (κ2) is 5.77. The van der Waals surface area contributed by atoms with E-state index in [0.717, 1.165) is 37.4 Å². The van der Waals surface area contributed by atoms with E-state index >= 15 is 0 Å². The summed E-state index contributed by atoms with van der Waals surface area (Å²) in [6.45, 7) is 2.02. The third-order valence-electron chi connectivity index (χ3n) is 3.44. The van der Waals surface area contributed by atoms with Crippen LogP contribution in [-0.2, 0) is 9.47 Å². The number of rotatable bonds is 4. The van der Waals surface area contributed by atoms with Crippen molar-refractivity contribution in [1.29, 1.82) is 0 Å². The molecule has 1 atom stereocenters. The summed E-state index contributed by atoms with van der Waals surface area (Å²) in [5, 5.41) is 10.1. The van der Waals surface area contributed by atoms with Gasteiger partial charge in [-0.3, -0.25) is 0 Å². The summed E-state index contributed by atoms with van der Waals surface area (Å²) in [7, 11) is 0. The molecule has 104 valence electrons. The minimum atomic E-state index is -0.641. The van der Waals surface area contributed by atoms with E-state index in [9.17, 15) is 5.11 Å². The molecule has 0 amide bonds. The lowest BCUT2D eigenvalue weighted by molar-refractivity contribution is -0.0598. The zero-order valence-corrected chi connectivity index (χ0v) is 10.7. The Balaban J connectivity index is 1.56. The monoisotopic (exact) mass is 266 g/mol. The summed E-state index contributed by atoms with van der Waals surface area (Å²) in [5.41, 5.74) is 0.788. The molecule has 0 saturated carbocycles. The third-order valence-corrected chi connectivity index (χ3v) is 3.44. The third kappa shape index (κ3) is 3.00. The Kier molecular flexibility index (Phi) is 3.87. The zero-order valence-electron chi connectivity index (χ0n) is 10.7. The van der Waals surface area contributed by atoms with Gasteiger partial charge >= 0.3 is 0 Å². The number of aliphatic hydroxyl groups excluding tert-OH is 1. The van der Waals surface area contributed by atoms with E-state index in [0.29, 0.717) is 12.4 Å². The topological polar surface area (TPSA) is 57.2 Å². The van der Waals surface area contributed by atoms with Gasteiger partial charge < -0.3 is 24.1 Å². The Morgan fingerprint density at radius 3 is 2.84 bits per heavy atom. The zero-order chi connectivity index (χ0) is 13.1. The van der Waals surface area contributed by atoms with Gasteiger partial charge in [0.05, 0.1) is 12.7 Å². The van der Waals surface area contributed by atoms with Crippen LogP contribution in [0.2, 0.25) is 0 Å². The normalized spacial score (nSPS) is 20.5. The van der Waals surface area contributed by atoms with Gasteiger partial charge in [0, 0.05) is 13.2 Å². The first-order valence-corrected chi connectivity index (χ1v) is 6.60. The van der Waals surface area contributed by atoms with E-state index in [1.807, 2.05) is 12.1 Å². The fourth-order valence-electron chi connectivity index (χ4n) is 2.29. The van der Waals surface area contributed by atoms with Crippen molar-refractivity contribution in [3.63, 3.8) is 0 Å². The van der Waals surface area contributed by atoms with Crippen LogP contribution in [0.25, 0.3) is 0 Å². The van der Waals surface area contributed by atoms with Gasteiger partial charge in [0.1, 0.15) is 6.10 Å². The second-order valence-electron chi connectivity index (χ2n) is 4.77. The first kappa shape index (κ1) is 12.7. The van der Waals surface area contributed by atoms with Crippen molar-refractivity contribution < 1.29 is 24.1 Å². The Morgan fingerprint density at radius 1 is 1.21 bits per heavy atom. The first-order valence-electron chi connectivity index (χ1n) is 6.60. The molecular formula is C14H18O5. The number of hydrogen-bond acceptors (Lipinski definition) is 5. The van der Waals surface area contributed by atoms with Crippen molar-refractivity contribution in [2.45, 2.75) is 25.0 Å². The van der Waals surface area contributed by atoms with Crippen molar-refractivity contribution in [2.24, 2.45) is 0 Å². The van der Waals surface area contributed by atoms with Crippen LogP contribution in [0.5, 0.6) is 11.5 Å². The van der Waals surface area contributed by atoms with Crippen LogP contribution >= 0.6 is 0 Å². The van der Waals surface area contributed by atoms with E-state index < -0.39 is 6.10 Å². The van der Waals surface area contributed by atoms with Crippen molar-refractivity contribution in [2.75, 3.05) is 26.6 Å². The molecule has 2 aliphatic rings. The van der Waals surface area contributed by atoms with Crippen LogP contribution in [0, 0.1) is 0 Å². The van der Waals surface area contributed by atoms with Gasteiger partial charge in [0.2, 0.25) is 6.79 Å². The summed E-state index contributed by atoms with van der Waals surface area (Å²) in [6, 6.07) is 5.46. The van der Waals surface area contributed by atoms with Crippen LogP contribution in [0.3, 0.4) is 0 Å². The second-order valence-corrected chi connectivity index (χ2v) is 4.77. The highest BCUT2D eigenvalue weighted by atomic mass is 16.7. The standard InChI is InChI=1S/C14H18O5/c15-12(8-17-11-3-5-16-6-4-11)10-1-2-13-14(7-10)19-9-18-13/h1-2,7,11-12,15H,3-6,8-9H2. The van der Waals surface area contributed by atoms with E-state index in [-0.39, 0.29) is 12.9 Å². The molecule has 1 unspecified atom stereocenters. The molecule has 2 heterocycles. The largest absolute Gasteiger partial charge is 0.454 e. The van der Waals surface area contributed by atoms with Crippen LogP contribution in [-0.4, -0.2) is 37.8 Å². The molecule has 0 bridgehead atoms. The quantitative estimate of drug-likeness (QED) is 0.898. The van der Waals surface area contributed by atoms with Crippen molar-refractivity contribution in [3.05, 3.63) is 23.8 Å². The Morgan fingerprint density at radius 2 is 2.00 bits per heavy atom. The summed E-state index contributed by atoms with van der Waals surface area (Å²) < 4.78 is 21.5. The molecule has 1 N–H and O–H groups in total. The lowest BCUT2D eigenvalue weighted by Crippen LogP contribution is -2.25. The fraction of sp³-hybridized carbons (Fsp3) is 0.571. The van der Waals surface area contributed by atoms with E-state index in [1.165, 1.54) is 0 Å². The maximum Gasteiger partial charge on any atom is 0.231 e. The van der Waals surface area contributed by atoms with E-state index in [4.69, 9.17) is 18.9 Å². The molecule has 2 aliphatic heterocycles. The van der Waals surface area contributed by atoms with Crippen LogP contribution < -0.4 is 9.47 Å². The molecule has 0 radical (unpaired) electrons. The van der Waals surface area contributed by atoms with Crippen LogP contribution in [0.15, 0.2) is 18.2 Å². The van der Waals surface area contributed by atoms with Gasteiger partial charge in [0.15, 0.2) is 11.5 Å². The Hall–Kier alpha value is -1.30. The van der Waals surface area contributed by atoms with E-state index in [2.05, 4.69) is 0 Å². The number of aliphatic hydroxyl groups is 1. The highest BCUT2D eigenvalue weighted by Gasteiger charge is 2.19. The lowest BCUT2D eigenvalue weighted by Gasteiger charge is -2.23. The molecule has 1 fully saturated rings. The SMILES string of the molecule is OC(COC1CCOCC1)c1ccc2c(c1)OCO2. The maximum absolute atomic E-state index is 10.1. The summed E-state index contributed by atoms with van der Waals surface area (Å²) >= 11 is 0. The maximum atomic E-state index is 10.1. The number of benzene rings is 1. The smallest absolute Gasteiger partial charge is 0.231 e.